The van der Waals surface area contributed by atoms with E-state index in [9.17, 15) is 0 Å². The number of halogens is 1. The van der Waals surface area contributed by atoms with Crippen LogP contribution in [0.3, 0.4) is 0 Å². The minimum atomic E-state index is 0. The van der Waals surface area contributed by atoms with Gasteiger partial charge in [-0.25, -0.2) is 0 Å². The van der Waals surface area contributed by atoms with Crippen molar-refractivity contribution in [2.75, 3.05) is 26.2 Å². The van der Waals surface area contributed by atoms with Crippen molar-refractivity contribution in [3.8, 4) is 0 Å². The average molecular weight is 434 g/mol. The topological polar surface area (TPSA) is 39.7 Å². The molecule has 2 aliphatic rings. The maximum absolute atomic E-state index is 4.72. The Morgan fingerprint density at radius 1 is 1.50 bits per heavy atom. The number of fused-ring (bicyclic) bond motifs is 1. The van der Waals surface area contributed by atoms with Gasteiger partial charge in [0.1, 0.15) is 0 Å². The quantitative estimate of drug-likeness (QED) is 0.426. The number of nitrogens with one attached hydrogen (secondary N) is 2. The summed E-state index contributed by atoms with van der Waals surface area (Å²) in [4.78, 5) is 8.81. The highest BCUT2D eigenvalue weighted by atomic mass is 127. The summed E-state index contributed by atoms with van der Waals surface area (Å²) in [6.45, 7) is 9.52. The minimum absolute atomic E-state index is 0. The predicted molar refractivity (Wildman–Crippen MR) is 105 cm³/mol. The number of aliphatic imine (C=N–C) groups is 1. The second-order valence-corrected chi connectivity index (χ2v) is 7.12. The molecule has 2 N–H and O–H groups in total. The molecule has 1 aliphatic carbocycles. The van der Waals surface area contributed by atoms with E-state index in [0.717, 1.165) is 38.1 Å². The van der Waals surface area contributed by atoms with E-state index in [-0.39, 0.29) is 24.0 Å². The Morgan fingerprint density at radius 2 is 2.32 bits per heavy atom. The van der Waals surface area contributed by atoms with Crippen molar-refractivity contribution < 1.29 is 0 Å². The summed E-state index contributed by atoms with van der Waals surface area (Å²) in [6.07, 6.45) is 2.48. The molecule has 2 heterocycles. The summed E-state index contributed by atoms with van der Waals surface area (Å²) in [5.41, 5.74) is 1.52. The van der Waals surface area contributed by atoms with Gasteiger partial charge in [-0.1, -0.05) is 6.92 Å². The number of hydrogen-bond donors (Lipinski definition) is 2. The molecule has 2 unspecified atom stereocenters. The normalized spacial score (nSPS) is 24.4. The first-order chi connectivity index (χ1) is 10.3. The summed E-state index contributed by atoms with van der Waals surface area (Å²) in [7, 11) is 0. The van der Waals surface area contributed by atoms with Crippen LogP contribution in [0.5, 0.6) is 0 Å². The van der Waals surface area contributed by atoms with E-state index >= 15 is 0 Å². The molecule has 0 amide bonds. The first-order valence-corrected chi connectivity index (χ1v) is 8.96. The van der Waals surface area contributed by atoms with Crippen LogP contribution in [0.4, 0.5) is 0 Å². The predicted octanol–water partition coefficient (Wildman–Crippen LogP) is 2.69. The Morgan fingerprint density at radius 3 is 3.05 bits per heavy atom. The van der Waals surface area contributed by atoms with Gasteiger partial charge in [0.2, 0.25) is 0 Å². The molecule has 0 saturated heterocycles. The van der Waals surface area contributed by atoms with Crippen LogP contribution in [-0.2, 0) is 13.0 Å². The van der Waals surface area contributed by atoms with Crippen LogP contribution in [0.15, 0.2) is 16.4 Å². The van der Waals surface area contributed by atoms with Gasteiger partial charge in [-0.3, -0.25) is 9.89 Å². The lowest BCUT2D eigenvalue weighted by atomic mass is 10.1. The van der Waals surface area contributed by atoms with Crippen LogP contribution >= 0.6 is 35.3 Å². The third-order valence-corrected chi connectivity index (χ3v) is 5.37. The van der Waals surface area contributed by atoms with Gasteiger partial charge in [0.05, 0.1) is 6.54 Å². The minimum Gasteiger partial charge on any atom is -0.357 e. The molecule has 1 fully saturated rings. The molecule has 3 rings (SSSR count). The van der Waals surface area contributed by atoms with Crippen molar-refractivity contribution in [3.63, 3.8) is 0 Å². The van der Waals surface area contributed by atoms with Gasteiger partial charge >= 0.3 is 0 Å². The molecule has 4 nitrogen and oxygen atoms in total. The third kappa shape index (κ3) is 4.83. The van der Waals surface area contributed by atoms with Gasteiger partial charge in [0, 0.05) is 37.1 Å². The zero-order valence-corrected chi connectivity index (χ0v) is 16.6. The van der Waals surface area contributed by atoms with Crippen LogP contribution in [0.25, 0.3) is 0 Å². The summed E-state index contributed by atoms with van der Waals surface area (Å²) >= 11 is 1.90. The van der Waals surface area contributed by atoms with Gasteiger partial charge in [0.15, 0.2) is 5.96 Å². The van der Waals surface area contributed by atoms with E-state index in [4.69, 9.17) is 4.99 Å². The van der Waals surface area contributed by atoms with Crippen LogP contribution in [0.1, 0.15) is 30.7 Å². The summed E-state index contributed by atoms with van der Waals surface area (Å²) in [5.74, 6) is 1.79. The first-order valence-electron chi connectivity index (χ1n) is 8.08. The maximum Gasteiger partial charge on any atom is 0.191 e. The third-order valence-electron chi connectivity index (χ3n) is 4.35. The lowest BCUT2D eigenvalue weighted by Gasteiger charge is -2.26. The fourth-order valence-corrected chi connectivity index (χ4v) is 3.71. The maximum atomic E-state index is 4.72. The fraction of sp³-hybridized carbons (Fsp3) is 0.688. The average Bonchev–Trinajstić information content (AvgIpc) is 2.99. The van der Waals surface area contributed by atoms with E-state index in [1.807, 2.05) is 11.3 Å². The number of nitrogens with zero attached hydrogens (tertiary/aromatic N) is 2. The first kappa shape index (κ1) is 18.0. The number of guanidine groups is 1. The molecule has 0 aromatic carbocycles. The zero-order valence-electron chi connectivity index (χ0n) is 13.5. The summed E-state index contributed by atoms with van der Waals surface area (Å²) in [5, 5.41) is 9.08. The van der Waals surface area contributed by atoms with E-state index in [2.05, 4.69) is 40.8 Å². The van der Waals surface area contributed by atoms with Gasteiger partial charge in [-0.15, -0.1) is 35.3 Å². The lowest BCUT2D eigenvalue weighted by molar-refractivity contribution is 0.263. The van der Waals surface area contributed by atoms with Crippen LogP contribution in [0.2, 0.25) is 0 Å². The second kappa shape index (κ2) is 8.49. The molecule has 22 heavy (non-hydrogen) atoms. The fourth-order valence-electron chi connectivity index (χ4n) is 2.82. The highest BCUT2D eigenvalue weighted by Gasteiger charge is 2.33. The Bertz CT molecular complexity index is 502. The van der Waals surface area contributed by atoms with Gasteiger partial charge in [0.25, 0.3) is 0 Å². The molecular formula is C16H27IN4S. The monoisotopic (exact) mass is 434 g/mol. The van der Waals surface area contributed by atoms with Gasteiger partial charge in [-0.2, -0.15) is 0 Å². The van der Waals surface area contributed by atoms with Crippen molar-refractivity contribution in [2.45, 2.75) is 39.3 Å². The molecule has 6 heteroatoms. The van der Waals surface area contributed by atoms with E-state index in [1.165, 1.54) is 24.9 Å². The number of thiophene rings is 1. The smallest absolute Gasteiger partial charge is 0.191 e. The van der Waals surface area contributed by atoms with Crippen molar-refractivity contribution >= 4 is 41.3 Å². The van der Waals surface area contributed by atoms with Gasteiger partial charge < -0.3 is 10.6 Å². The molecular weight excluding hydrogens is 407 g/mol. The molecule has 1 aliphatic heterocycles. The second-order valence-electron chi connectivity index (χ2n) is 6.12. The highest BCUT2D eigenvalue weighted by Crippen LogP contribution is 2.28. The standard InChI is InChI=1S/C16H26N4S.HI/c1-3-17-16(19-14-10-12(14)2)18-6-8-20-7-4-15-13(11-20)5-9-21-15;/h5,9,12,14H,3-4,6-8,10-11H2,1-2H3,(H2,17,18,19);1H. The molecule has 1 saturated carbocycles. The van der Waals surface area contributed by atoms with Crippen LogP contribution < -0.4 is 10.6 Å². The number of hydrogen-bond acceptors (Lipinski definition) is 3. The summed E-state index contributed by atoms with van der Waals surface area (Å²) in [6, 6.07) is 2.90. The Labute approximate surface area is 154 Å². The van der Waals surface area contributed by atoms with Crippen molar-refractivity contribution in [1.82, 2.24) is 15.5 Å². The molecule has 1 aromatic heterocycles. The number of rotatable bonds is 5. The zero-order chi connectivity index (χ0) is 14.7. The largest absolute Gasteiger partial charge is 0.357 e. The van der Waals surface area contributed by atoms with E-state index < -0.39 is 0 Å². The molecule has 0 bridgehead atoms. The Kier molecular flexibility index (Phi) is 6.95. The SMILES string of the molecule is CCNC(=NCCN1CCc2sccc2C1)NC1CC1C.I. The Balaban J connectivity index is 0.00000176. The van der Waals surface area contributed by atoms with Crippen LogP contribution in [0, 0.1) is 5.92 Å². The molecule has 124 valence electrons. The van der Waals surface area contributed by atoms with Crippen molar-refractivity contribution in [1.29, 1.82) is 0 Å². The Hall–Kier alpha value is -0.340. The van der Waals surface area contributed by atoms with Crippen molar-refractivity contribution in [2.24, 2.45) is 10.9 Å². The molecule has 1 aromatic rings. The van der Waals surface area contributed by atoms with Crippen molar-refractivity contribution in [3.05, 3.63) is 21.9 Å². The molecule has 0 radical (unpaired) electrons. The highest BCUT2D eigenvalue weighted by molar-refractivity contribution is 14.0. The summed E-state index contributed by atoms with van der Waals surface area (Å²) < 4.78 is 0. The lowest BCUT2D eigenvalue weighted by Crippen LogP contribution is -2.40. The van der Waals surface area contributed by atoms with Crippen LogP contribution in [-0.4, -0.2) is 43.1 Å². The molecule has 2 atom stereocenters. The van der Waals surface area contributed by atoms with Gasteiger partial charge in [-0.05, 0) is 42.7 Å². The van der Waals surface area contributed by atoms with E-state index in [0.29, 0.717) is 6.04 Å². The van der Waals surface area contributed by atoms with E-state index in [1.54, 1.807) is 4.88 Å². The molecule has 0 spiro atoms.